The third-order valence-corrected chi connectivity index (χ3v) is 3.51. The fourth-order valence-electron chi connectivity index (χ4n) is 2.23. The van der Waals surface area contributed by atoms with Gasteiger partial charge in [-0.25, -0.2) is 0 Å². The van der Waals surface area contributed by atoms with Crippen LogP contribution in [0.4, 0.5) is 0 Å². The highest BCUT2D eigenvalue weighted by atomic mass is 16.5. The van der Waals surface area contributed by atoms with Gasteiger partial charge < -0.3 is 9.42 Å². The van der Waals surface area contributed by atoms with E-state index in [0.717, 1.165) is 11.1 Å². The quantitative estimate of drug-likeness (QED) is 0.691. The second-order valence-corrected chi connectivity index (χ2v) is 5.36. The minimum Gasteiger partial charge on any atom is -0.341 e. The van der Waals surface area contributed by atoms with E-state index in [1.165, 1.54) is 0 Å². The molecule has 0 radical (unpaired) electrons. The van der Waals surface area contributed by atoms with Gasteiger partial charge in [0.15, 0.2) is 0 Å². The molecule has 0 aliphatic rings. The molecule has 0 atom stereocenters. The van der Waals surface area contributed by atoms with Gasteiger partial charge in [-0.15, -0.1) is 0 Å². The number of hydrogen-bond donors (Lipinski definition) is 0. The van der Waals surface area contributed by atoms with Gasteiger partial charge in [0, 0.05) is 56.8 Å². The first-order valence-corrected chi connectivity index (χ1v) is 7.58. The lowest BCUT2D eigenvalue weighted by atomic mass is 10.2. The normalized spacial score (nSPS) is 10.5. The first-order valence-electron chi connectivity index (χ1n) is 7.58. The molecule has 24 heavy (non-hydrogen) atoms. The lowest BCUT2D eigenvalue weighted by Gasteiger charge is -2.16. The van der Waals surface area contributed by atoms with Crippen molar-refractivity contribution in [1.29, 1.82) is 0 Å². The Morgan fingerprint density at radius 2 is 1.96 bits per heavy atom. The average molecular weight is 323 g/mol. The monoisotopic (exact) mass is 323 g/mol. The van der Waals surface area contributed by atoms with Crippen molar-refractivity contribution in [2.24, 2.45) is 0 Å². The van der Waals surface area contributed by atoms with E-state index in [9.17, 15) is 4.79 Å². The third kappa shape index (κ3) is 4.01. The summed E-state index contributed by atoms with van der Waals surface area (Å²) in [5, 5.41) is 3.92. The number of aromatic nitrogens is 4. The topological polar surface area (TPSA) is 85.0 Å². The number of pyridine rings is 2. The molecule has 3 rings (SSSR count). The molecular weight excluding hydrogens is 306 g/mol. The molecule has 7 heteroatoms. The molecule has 0 saturated heterocycles. The molecule has 0 spiro atoms. The highest BCUT2D eigenvalue weighted by molar-refractivity contribution is 5.76. The number of rotatable bonds is 6. The van der Waals surface area contributed by atoms with Gasteiger partial charge in [-0.2, -0.15) is 4.98 Å². The van der Waals surface area contributed by atoms with Crippen molar-refractivity contribution < 1.29 is 9.32 Å². The van der Waals surface area contributed by atoms with Crippen LogP contribution < -0.4 is 0 Å². The van der Waals surface area contributed by atoms with Crippen molar-refractivity contribution in [2.45, 2.75) is 19.4 Å². The molecule has 0 aliphatic heterocycles. The molecule has 0 fully saturated rings. The summed E-state index contributed by atoms with van der Waals surface area (Å²) in [6, 6.07) is 7.46. The van der Waals surface area contributed by atoms with Crippen molar-refractivity contribution in [1.82, 2.24) is 25.0 Å². The molecule has 0 N–H and O–H groups in total. The molecule has 3 heterocycles. The maximum absolute atomic E-state index is 12.2. The fourth-order valence-corrected chi connectivity index (χ4v) is 2.23. The minimum absolute atomic E-state index is 0.0139. The van der Waals surface area contributed by atoms with Gasteiger partial charge in [0.1, 0.15) is 0 Å². The second-order valence-electron chi connectivity index (χ2n) is 5.36. The SMILES string of the molecule is CN(Cc1cccnc1)C(=O)CCc1nc(-c2cccnc2)no1. The molecule has 122 valence electrons. The predicted molar refractivity (Wildman–Crippen MR) is 86.6 cm³/mol. The third-order valence-electron chi connectivity index (χ3n) is 3.51. The summed E-state index contributed by atoms with van der Waals surface area (Å²) in [5.41, 5.74) is 1.78. The second kappa shape index (κ2) is 7.45. The van der Waals surface area contributed by atoms with Gasteiger partial charge in [0.25, 0.3) is 0 Å². The zero-order chi connectivity index (χ0) is 16.8. The molecule has 3 aromatic rings. The van der Waals surface area contributed by atoms with Crippen LogP contribution in [0.15, 0.2) is 53.6 Å². The highest BCUT2D eigenvalue weighted by Crippen LogP contribution is 2.14. The Morgan fingerprint density at radius 3 is 2.67 bits per heavy atom. The largest absolute Gasteiger partial charge is 0.341 e. The van der Waals surface area contributed by atoms with Crippen molar-refractivity contribution in [2.75, 3.05) is 7.05 Å². The minimum atomic E-state index is 0.0139. The summed E-state index contributed by atoms with van der Waals surface area (Å²) >= 11 is 0. The molecule has 0 bridgehead atoms. The Hall–Kier alpha value is -3.09. The van der Waals surface area contributed by atoms with Crippen LogP contribution in [0.1, 0.15) is 17.9 Å². The predicted octanol–water partition coefficient (Wildman–Crippen LogP) is 2.12. The van der Waals surface area contributed by atoms with Crippen LogP contribution in [0, 0.1) is 0 Å². The van der Waals surface area contributed by atoms with Gasteiger partial charge in [0.2, 0.25) is 17.6 Å². The zero-order valence-corrected chi connectivity index (χ0v) is 13.3. The van der Waals surface area contributed by atoms with Gasteiger partial charge >= 0.3 is 0 Å². The van der Waals surface area contributed by atoms with E-state index >= 15 is 0 Å². The van der Waals surface area contributed by atoms with Gasteiger partial charge in [-0.05, 0) is 23.8 Å². The van der Waals surface area contributed by atoms with Crippen LogP contribution in [0.5, 0.6) is 0 Å². The van der Waals surface area contributed by atoms with Crippen LogP contribution in [-0.4, -0.2) is 38.0 Å². The number of amides is 1. The summed E-state index contributed by atoms with van der Waals surface area (Å²) in [7, 11) is 1.77. The Morgan fingerprint density at radius 1 is 1.17 bits per heavy atom. The summed E-state index contributed by atoms with van der Waals surface area (Å²) in [6.07, 6.45) is 7.53. The molecule has 1 amide bonds. The van der Waals surface area contributed by atoms with Crippen LogP contribution in [0.2, 0.25) is 0 Å². The number of carbonyl (C=O) groups is 1. The Bertz CT molecular complexity index is 789. The van der Waals surface area contributed by atoms with Gasteiger partial charge in [-0.1, -0.05) is 11.2 Å². The van der Waals surface area contributed by atoms with Crippen LogP contribution in [0.25, 0.3) is 11.4 Å². The van der Waals surface area contributed by atoms with Crippen LogP contribution in [-0.2, 0) is 17.8 Å². The molecule has 0 saturated carbocycles. The number of hydrogen-bond acceptors (Lipinski definition) is 6. The van der Waals surface area contributed by atoms with Crippen molar-refractivity contribution >= 4 is 5.91 Å². The van der Waals surface area contributed by atoms with Crippen molar-refractivity contribution in [3.63, 3.8) is 0 Å². The number of nitrogens with zero attached hydrogens (tertiary/aromatic N) is 5. The van der Waals surface area contributed by atoms with E-state index < -0.39 is 0 Å². The van der Waals surface area contributed by atoms with Crippen molar-refractivity contribution in [3.05, 3.63) is 60.5 Å². The Labute approximate surface area is 139 Å². The summed E-state index contributed by atoms with van der Waals surface area (Å²) in [5.74, 6) is 0.936. The van der Waals surface area contributed by atoms with E-state index in [0.29, 0.717) is 31.1 Å². The van der Waals surface area contributed by atoms with Gasteiger partial charge in [0.05, 0.1) is 0 Å². The molecule has 0 unspecified atom stereocenters. The van der Waals surface area contributed by atoms with E-state index in [1.807, 2.05) is 24.3 Å². The smallest absolute Gasteiger partial charge is 0.227 e. The molecule has 3 aromatic heterocycles. The highest BCUT2D eigenvalue weighted by Gasteiger charge is 2.13. The van der Waals surface area contributed by atoms with E-state index in [1.54, 1.807) is 36.7 Å². The van der Waals surface area contributed by atoms with Crippen molar-refractivity contribution in [3.8, 4) is 11.4 Å². The fraction of sp³-hybridized carbons (Fsp3) is 0.235. The average Bonchev–Trinajstić information content (AvgIpc) is 3.10. The summed E-state index contributed by atoms with van der Waals surface area (Å²) in [4.78, 5) is 26.2. The number of aryl methyl sites for hydroxylation is 1. The maximum atomic E-state index is 12.2. The summed E-state index contributed by atoms with van der Waals surface area (Å²) < 4.78 is 5.20. The molecule has 0 aliphatic carbocycles. The zero-order valence-electron chi connectivity index (χ0n) is 13.3. The first-order chi connectivity index (χ1) is 11.7. The standard InChI is InChI=1S/C17H17N5O2/c1-22(12-13-4-2-8-18-10-13)16(23)7-6-15-20-17(21-24-15)14-5-3-9-19-11-14/h2-5,8-11H,6-7,12H2,1H3. The lowest BCUT2D eigenvalue weighted by Crippen LogP contribution is -2.26. The molecule has 0 aromatic carbocycles. The lowest BCUT2D eigenvalue weighted by molar-refractivity contribution is -0.130. The van der Waals surface area contributed by atoms with E-state index in [4.69, 9.17) is 4.52 Å². The van der Waals surface area contributed by atoms with E-state index in [2.05, 4.69) is 20.1 Å². The van der Waals surface area contributed by atoms with E-state index in [-0.39, 0.29) is 5.91 Å². The van der Waals surface area contributed by atoms with Gasteiger partial charge in [-0.3, -0.25) is 14.8 Å². The Kier molecular flexibility index (Phi) is 4.90. The number of carbonyl (C=O) groups excluding carboxylic acids is 1. The van der Waals surface area contributed by atoms with Crippen LogP contribution in [0.3, 0.4) is 0 Å². The first kappa shape index (κ1) is 15.8. The molecule has 7 nitrogen and oxygen atoms in total. The Balaban J connectivity index is 1.54. The maximum Gasteiger partial charge on any atom is 0.227 e. The van der Waals surface area contributed by atoms with Crippen LogP contribution >= 0.6 is 0 Å². The molecular formula is C17H17N5O2. The summed E-state index contributed by atoms with van der Waals surface area (Å²) in [6.45, 7) is 0.525.